The smallest absolute Gasteiger partial charge is 0.244 e. The van der Waals surface area contributed by atoms with Crippen molar-refractivity contribution in [2.45, 2.75) is 52.6 Å². The predicted octanol–water partition coefficient (Wildman–Crippen LogP) is 3.39. The molecule has 202 valence electrons. The quantitative estimate of drug-likeness (QED) is 0.295. The van der Waals surface area contributed by atoms with Crippen LogP contribution in [0.3, 0.4) is 0 Å². The summed E-state index contributed by atoms with van der Waals surface area (Å²) >= 11 is 0. The predicted molar refractivity (Wildman–Crippen MR) is 144 cm³/mol. The van der Waals surface area contributed by atoms with Crippen molar-refractivity contribution in [3.8, 4) is 5.75 Å². The molecule has 9 nitrogen and oxygen atoms in total. The molecule has 10 heteroatoms. The molecule has 2 aromatic rings. The van der Waals surface area contributed by atoms with Gasteiger partial charge in [-0.25, -0.2) is 8.42 Å². The highest BCUT2D eigenvalue weighted by atomic mass is 32.2. The summed E-state index contributed by atoms with van der Waals surface area (Å²) in [6.45, 7) is 5.25. The molecule has 0 radical (unpaired) electrons. The van der Waals surface area contributed by atoms with E-state index < -0.39 is 28.5 Å². The summed E-state index contributed by atoms with van der Waals surface area (Å²) in [6, 6.07) is 12.5. The van der Waals surface area contributed by atoms with Crippen LogP contribution in [0.5, 0.6) is 5.75 Å². The normalized spacial score (nSPS) is 11.9. The zero-order valence-corrected chi connectivity index (χ0v) is 23.0. The lowest BCUT2D eigenvalue weighted by Gasteiger charge is -2.33. The topological polar surface area (TPSA) is 113 Å². The third kappa shape index (κ3) is 8.59. The van der Waals surface area contributed by atoms with Gasteiger partial charge in [0.05, 0.1) is 19.1 Å². The molecule has 2 rings (SSSR count). The lowest BCUT2D eigenvalue weighted by Crippen LogP contribution is -2.52. The van der Waals surface area contributed by atoms with E-state index in [2.05, 4.69) is 5.32 Å². The molecule has 0 aromatic heterocycles. The Kier molecular flexibility index (Phi) is 11.1. The largest absolute Gasteiger partial charge is 0.497 e. The van der Waals surface area contributed by atoms with Gasteiger partial charge in [-0.3, -0.25) is 18.7 Å². The first kappa shape index (κ1) is 29.8. The van der Waals surface area contributed by atoms with Crippen LogP contribution < -0.4 is 14.4 Å². The first-order valence-corrected chi connectivity index (χ1v) is 14.1. The second kappa shape index (κ2) is 13.8. The van der Waals surface area contributed by atoms with Gasteiger partial charge in [-0.05, 0) is 49.6 Å². The summed E-state index contributed by atoms with van der Waals surface area (Å²) in [6.07, 6.45) is 3.06. The zero-order valence-electron chi connectivity index (χ0n) is 22.2. The zero-order chi connectivity index (χ0) is 27.6. The Morgan fingerprint density at radius 1 is 1.05 bits per heavy atom. The standard InChI is InChI=1S/C27H37N3O6S/c1-6-8-15-28-27(33)25(7-2)29(18-21-11-9-14-24(16-21)36-4)26(32)19-30(37(5,34)35)23-13-10-12-22(17-23)20(3)31/h9-14,16-17,25H,6-8,15,18-19H2,1-5H3,(H,28,33). The van der Waals surface area contributed by atoms with Crippen LogP contribution in [0.2, 0.25) is 0 Å². The summed E-state index contributed by atoms with van der Waals surface area (Å²) in [5.74, 6) is -0.462. The maximum Gasteiger partial charge on any atom is 0.244 e. The Morgan fingerprint density at radius 3 is 2.35 bits per heavy atom. The van der Waals surface area contributed by atoms with Crippen LogP contribution in [0, 0.1) is 0 Å². The van der Waals surface area contributed by atoms with E-state index in [1.165, 1.54) is 31.1 Å². The molecule has 37 heavy (non-hydrogen) atoms. The van der Waals surface area contributed by atoms with Gasteiger partial charge in [0.15, 0.2) is 5.78 Å². The lowest BCUT2D eigenvalue weighted by atomic mass is 10.1. The Labute approximate surface area is 219 Å². The number of benzene rings is 2. The van der Waals surface area contributed by atoms with Gasteiger partial charge in [0.2, 0.25) is 21.8 Å². The monoisotopic (exact) mass is 531 g/mol. The molecule has 0 fully saturated rings. The van der Waals surface area contributed by atoms with Crippen molar-refractivity contribution in [1.82, 2.24) is 10.2 Å². The number of hydrogen-bond acceptors (Lipinski definition) is 6. The van der Waals surface area contributed by atoms with Crippen molar-refractivity contribution >= 4 is 33.3 Å². The number of nitrogens with zero attached hydrogens (tertiary/aromatic N) is 2. The van der Waals surface area contributed by atoms with Crippen molar-refractivity contribution in [3.05, 3.63) is 59.7 Å². The lowest BCUT2D eigenvalue weighted by molar-refractivity contribution is -0.140. The Bertz CT molecular complexity index is 1200. The van der Waals surface area contributed by atoms with Gasteiger partial charge >= 0.3 is 0 Å². The molecule has 0 spiro atoms. The number of nitrogens with one attached hydrogen (secondary N) is 1. The molecular formula is C27H37N3O6S. The number of carbonyl (C=O) groups excluding carboxylic acids is 3. The number of unbranched alkanes of at least 4 members (excludes halogenated alkanes) is 1. The van der Waals surface area contributed by atoms with Crippen LogP contribution in [0.25, 0.3) is 0 Å². The Balaban J connectivity index is 2.46. The van der Waals surface area contributed by atoms with E-state index in [1.807, 2.05) is 13.0 Å². The van der Waals surface area contributed by atoms with E-state index in [0.29, 0.717) is 24.3 Å². The average Bonchev–Trinajstić information content (AvgIpc) is 2.86. The number of rotatable bonds is 14. The molecule has 0 heterocycles. The summed E-state index contributed by atoms with van der Waals surface area (Å²) < 4.78 is 31.7. The third-order valence-electron chi connectivity index (χ3n) is 5.92. The van der Waals surface area contributed by atoms with E-state index in [1.54, 1.807) is 37.3 Å². The maximum atomic E-state index is 13.7. The van der Waals surface area contributed by atoms with Crippen molar-refractivity contribution in [2.24, 2.45) is 0 Å². The maximum absolute atomic E-state index is 13.7. The number of carbonyl (C=O) groups is 3. The molecule has 0 bridgehead atoms. The molecule has 1 atom stereocenters. The molecular weight excluding hydrogens is 494 g/mol. The van der Waals surface area contributed by atoms with Crippen LogP contribution in [0.1, 0.15) is 56.0 Å². The van der Waals surface area contributed by atoms with E-state index in [9.17, 15) is 22.8 Å². The highest BCUT2D eigenvalue weighted by Crippen LogP contribution is 2.22. The number of hydrogen-bond donors (Lipinski definition) is 1. The fourth-order valence-corrected chi connectivity index (χ4v) is 4.73. The number of sulfonamides is 1. The van der Waals surface area contributed by atoms with E-state index in [0.717, 1.165) is 29.0 Å². The number of ketones is 1. The minimum Gasteiger partial charge on any atom is -0.497 e. The summed E-state index contributed by atoms with van der Waals surface area (Å²) in [5.41, 5.74) is 1.26. The van der Waals surface area contributed by atoms with Crippen LogP contribution >= 0.6 is 0 Å². The number of Topliss-reactive ketones (excluding diaryl/α,β-unsaturated/α-hetero) is 1. The first-order valence-electron chi connectivity index (χ1n) is 12.3. The third-order valence-corrected chi connectivity index (χ3v) is 7.06. The fraction of sp³-hybridized carbons (Fsp3) is 0.444. The molecule has 2 amide bonds. The van der Waals surface area contributed by atoms with Gasteiger partial charge in [0.1, 0.15) is 18.3 Å². The SMILES string of the molecule is CCCCNC(=O)C(CC)N(Cc1cccc(OC)c1)C(=O)CN(c1cccc(C(C)=O)c1)S(C)(=O)=O. The minimum absolute atomic E-state index is 0.0842. The van der Waals surface area contributed by atoms with Crippen LogP contribution in [-0.2, 0) is 26.2 Å². The average molecular weight is 532 g/mol. The molecule has 0 aliphatic rings. The van der Waals surface area contributed by atoms with Crippen LogP contribution in [-0.4, -0.2) is 63.4 Å². The fourth-order valence-electron chi connectivity index (χ4n) is 3.89. The van der Waals surface area contributed by atoms with E-state index in [4.69, 9.17) is 4.74 Å². The second-order valence-electron chi connectivity index (χ2n) is 8.82. The Morgan fingerprint density at radius 2 is 1.76 bits per heavy atom. The van der Waals surface area contributed by atoms with Gasteiger partial charge in [0, 0.05) is 18.7 Å². The summed E-state index contributed by atoms with van der Waals surface area (Å²) in [7, 11) is -2.35. The van der Waals surface area contributed by atoms with Crippen LogP contribution in [0.15, 0.2) is 48.5 Å². The molecule has 0 aliphatic heterocycles. The first-order chi connectivity index (χ1) is 17.5. The highest BCUT2D eigenvalue weighted by Gasteiger charge is 2.31. The van der Waals surface area contributed by atoms with Crippen LogP contribution in [0.4, 0.5) is 5.69 Å². The van der Waals surface area contributed by atoms with Crippen molar-refractivity contribution in [2.75, 3.05) is 30.8 Å². The molecule has 0 saturated heterocycles. The number of ether oxygens (including phenoxy) is 1. The summed E-state index contributed by atoms with van der Waals surface area (Å²) in [4.78, 5) is 40.1. The van der Waals surface area contributed by atoms with E-state index >= 15 is 0 Å². The minimum atomic E-state index is -3.89. The summed E-state index contributed by atoms with van der Waals surface area (Å²) in [5, 5.41) is 2.89. The number of methoxy groups -OCH3 is 1. The second-order valence-corrected chi connectivity index (χ2v) is 10.7. The van der Waals surface area contributed by atoms with Gasteiger partial charge in [-0.15, -0.1) is 0 Å². The van der Waals surface area contributed by atoms with Crippen molar-refractivity contribution < 1.29 is 27.5 Å². The highest BCUT2D eigenvalue weighted by molar-refractivity contribution is 7.92. The van der Waals surface area contributed by atoms with Gasteiger partial charge in [-0.1, -0.05) is 44.5 Å². The molecule has 1 N–H and O–H groups in total. The number of amides is 2. The van der Waals surface area contributed by atoms with Gasteiger partial charge in [-0.2, -0.15) is 0 Å². The molecule has 2 aromatic carbocycles. The van der Waals surface area contributed by atoms with Gasteiger partial charge in [0.25, 0.3) is 0 Å². The number of anilines is 1. The van der Waals surface area contributed by atoms with Gasteiger partial charge < -0.3 is 15.0 Å². The van der Waals surface area contributed by atoms with Crippen molar-refractivity contribution in [3.63, 3.8) is 0 Å². The van der Waals surface area contributed by atoms with E-state index in [-0.39, 0.29) is 23.9 Å². The van der Waals surface area contributed by atoms with Crippen molar-refractivity contribution in [1.29, 1.82) is 0 Å². The molecule has 0 aliphatic carbocycles. The molecule has 1 unspecified atom stereocenters. The molecule has 0 saturated carbocycles. The Hall–Kier alpha value is -3.40.